The Hall–Kier alpha value is -0.850. The van der Waals surface area contributed by atoms with Crippen molar-refractivity contribution in [3.8, 4) is 0 Å². The minimum Gasteiger partial charge on any atom is -0.373 e. The van der Waals surface area contributed by atoms with Gasteiger partial charge in [0.25, 0.3) is 0 Å². The molecule has 144 valence electrons. The Morgan fingerprint density at radius 2 is 2.00 bits per heavy atom. The van der Waals surface area contributed by atoms with Crippen molar-refractivity contribution in [3.05, 3.63) is 0 Å². The summed E-state index contributed by atoms with van der Waals surface area (Å²) in [5.74, 6) is 0.956. The molecule has 0 saturated carbocycles. The molecule has 0 amide bonds. The zero-order valence-corrected chi connectivity index (χ0v) is 16.3. The fourth-order valence-corrected chi connectivity index (χ4v) is 4.26. The van der Waals surface area contributed by atoms with Crippen molar-refractivity contribution in [1.82, 2.24) is 20.4 Å². The Balaban J connectivity index is 1.46. The first-order chi connectivity index (χ1) is 12.2. The molecule has 3 heterocycles. The van der Waals surface area contributed by atoms with Crippen LogP contribution in [0.3, 0.4) is 0 Å². The number of nitrogens with one attached hydrogen (secondary N) is 2. The molecule has 0 aromatic heterocycles. The topological polar surface area (TPSA) is 52.1 Å². The number of likely N-dealkylation sites (tertiary alicyclic amines) is 1. The molecule has 2 N–H and O–H groups in total. The minimum absolute atomic E-state index is 0.243. The van der Waals surface area contributed by atoms with Crippen molar-refractivity contribution in [1.29, 1.82) is 0 Å². The van der Waals surface area contributed by atoms with Gasteiger partial charge in [-0.3, -0.25) is 9.89 Å². The number of hydrogen-bond acceptors (Lipinski definition) is 4. The fourth-order valence-electron chi connectivity index (χ4n) is 4.26. The van der Waals surface area contributed by atoms with E-state index in [1.807, 2.05) is 0 Å². The number of nitrogens with zero attached hydrogens (tertiary/aromatic N) is 3. The summed E-state index contributed by atoms with van der Waals surface area (Å²) in [5, 5.41) is 7.05. The maximum atomic E-state index is 6.04. The summed E-state index contributed by atoms with van der Waals surface area (Å²) in [5.41, 5.74) is 0. The number of hydrogen-bond donors (Lipinski definition) is 2. The van der Waals surface area contributed by atoms with E-state index in [0.717, 1.165) is 32.2 Å². The number of guanidine groups is 1. The summed E-state index contributed by atoms with van der Waals surface area (Å²) in [7, 11) is 0. The van der Waals surface area contributed by atoms with Gasteiger partial charge in [-0.15, -0.1) is 0 Å². The number of morpholine rings is 1. The Morgan fingerprint density at radius 3 is 2.72 bits per heavy atom. The van der Waals surface area contributed by atoms with Gasteiger partial charge in [0.2, 0.25) is 0 Å². The highest BCUT2D eigenvalue weighted by atomic mass is 16.5. The third kappa shape index (κ3) is 5.31. The van der Waals surface area contributed by atoms with E-state index in [2.05, 4.69) is 41.2 Å². The fraction of sp³-hybridized carbons (Fsp3) is 0.947. The average molecular weight is 352 g/mol. The van der Waals surface area contributed by atoms with Crippen molar-refractivity contribution in [2.24, 2.45) is 4.99 Å². The lowest BCUT2D eigenvalue weighted by Gasteiger charge is -2.36. The zero-order chi connectivity index (χ0) is 17.6. The quantitative estimate of drug-likeness (QED) is 0.577. The van der Waals surface area contributed by atoms with Crippen LogP contribution >= 0.6 is 0 Å². The molecule has 0 aliphatic carbocycles. The lowest BCUT2D eigenvalue weighted by molar-refractivity contribution is -0.0432. The van der Waals surface area contributed by atoms with Gasteiger partial charge in [0.1, 0.15) is 0 Å². The van der Waals surface area contributed by atoms with E-state index in [1.165, 1.54) is 45.3 Å². The van der Waals surface area contributed by atoms with Gasteiger partial charge in [0.05, 0.1) is 19.3 Å². The number of fused-ring (bicyclic) bond motifs is 1. The Labute approximate surface area is 153 Å². The van der Waals surface area contributed by atoms with Gasteiger partial charge in [-0.05, 0) is 53.0 Å². The van der Waals surface area contributed by atoms with Crippen molar-refractivity contribution < 1.29 is 4.74 Å². The van der Waals surface area contributed by atoms with Gasteiger partial charge >= 0.3 is 0 Å². The summed E-state index contributed by atoms with van der Waals surface area (Å²) in [6.45, 7) is 13.9. The molecule has 25 heavy (non-hydrogen) atoms. The average Bonchev–Trinajstić information content (AvgIpc) is 3.08. The molecule has 6 nitrogen and oxygen atoms in total. The molecule has 3 saturated heterocycles. The summed E-state index contributed by atoms with van der Waals surface area (Å²) < 4.78 is 6.04. The molecule has 0 aromatic carbocycles. The Bertz CT molecular complexity index is 434. The first-order valence-electron chi connectivity index (χ1n) is 10.3. The van der Waals surface area contributed by atoms with Crippen LogP contribution in [0.15, 0.2) is 4.99 Å². The normalized spacial score (nSPS) is 29.8. The van der Waals surface area contributed by atoms with Crippen LogP contribution in [0.25, 0.3) is 0 Å². The van der Waals surface area contributed by atoms with E-state index in [-0.39, 0.29) is 6.10 Å². The third-order valence-electron chi connectivity index (χ3n) is 5.86. The molecule has 3 rings (SSSR count). The molecular formula is C19H37N5O. The lowest BCUT2D eigenvalue weighted by atomic mass is 10.0. The Morgan fingerprint density at radius 1 is 1.20 bits per heavy atom. The second-order valence-corrected chi connectivity index (χ2v) is 8.01. The molecule has 3 fully saturated rings. The van der Waals surface area contributed by atoms with Gasteiger partial charge in [-0.25, -0.2) is 0 Å². The van der Waals surface area contributed by atoms with Crippen LogP contribution in [0.1, 0.15) is 46.5 Å². The van der Waals surface area contributed by atoms with Crippen molar-refractivity contribution in [3.63, 3.8) is 0 Å². The van der Waals surface area contributed by atoms with Gasteiger partial charge in [0, 0.05) is 44.3 Å². The molecule has 0 spiro atoms. The molecule has 3 aliphatic heterocycles. The van der Waals surface area contributed by atoms with Crippen LogP contribution in [0.5, 0.6) is 0 Å². The van der Waals surface area contributed by atoms with Gasteiger partial charge < -0.3 is 20.3 Å². The maximum Gasteiger partial charge on any atom is 0.191 e. The highest BCUT2D eigenvalue weighted by Gasteiger charge is 2.32. The number of aliphatic imine (C=N–C) groups is 1. The van der Waals surface area contributed by atoms with Crippen LogP contribution < -0.4 is 10.6 Å². The van der Waals surface area contributed by atoms with Crippen LogP contribution in [0.4, 0.5) is 0 Å². The third-order valence-corrected chi connectivity index (χ3v) is 5.86. The molecular weight excluding hydrogens is 314 g/mol. The van der Waals surface area contributed by atoms with Crippen molar-refractivity contribution in [2.75, 3.05) is 45.9 Å². The highest BCUT2D eigenvalue weighted by molar-refractivity contribution is 5.80. The van der Waals surface area contributed by atoms with Crippen LogP contribution in [0, 0.1) is 0 Å². The van der Waals surface area contributed by atoms with E-state index >= 15 is 0 Å². The molecule has 6 heteroatoms. The summed E-state index contributed by atoms with van der Waals surface area (Å²) >= 11 is 0. The van der Waals surface area contributed by atoms with E-state index in [1.54, 1.807) is 0 Å². The largest absolute Gasteiger partial charge is 0.373 e. The summed E-state index contributed by atoms with van der Waals surface area (Å²) in [6, 6.07) is 1.85. The predicted molar refractivity (Wildman–Crippen MR) is 103 cm³/mol. The summed E-state index contributed by atoms with van der Waals surface area (Å²) in [6.07, 6.45) is 5.25. The minimum atomic E-state index is 0.243. The monoisotopic (exact) mass is 351 g/mol. The van der Waals surface area contributed by atoms with E-state index in [0.29, 0.717) is 18.1 Å². The number of ether oxygens (including phenoxy) is 1. The first kappa shape index (κ1) is 18.9. The van der Waals surface area contributed by atoms with Crippen LogP contribution in [-0.2, 0) is 4.74 Å². The van der Waals surface area contributed by atoms with Gasteiger partial charge in [-0.2, -0.15) is 0 Å². The van der Waals surface area contributed by atoms with E-state index in [9.17, 15) is 0 Å². The molecule has 0 aromatic rings. The van der Waals surface area contributed by atoms with Crippen LogP contribution in [-0.4, -0.2) is 85.9 Å². The number of piperidine rings is 1. The van der Waals surface area contributed by atoms with Crippen molar-refractivity contribution >= 4 is 5.96 Å². The molecule has 0 bridgehead atoms. The molecule has 2 unspecified atom stereocenters. The smallest absolute Gasteiger partial charge is 0.191 e. The Kier molecular flexibility index (Phi) is 6.96. The van der Waals surface area contributed by atoms with E-state index < -0.39 is 0 Å². The summed E-state index contributed by atoms with van der Waals surface area (Å²) in [4.78, 5) is 9.98. The SMILES string of the molecule is CCNC(=NCC1CN2CCCC2CO1)NC1CCN(C(C)C)CC1. The standard InChI is InChI=1S/C19H37N5O/c1-4-20-19(22-16-7-10-23(11-8-16)15(2)3)21-12-18-13-24-9-5-6-17(24)14-25-18/h15-18H,4-14H2,1-3H3,(H2,20,21,22). The molecule has 3 aliphatic rings. The second-order valence-electron chi connectivity index (χ2n) is 8.01. The highest BCUT2D eigenvalue weighted by Crippen LogP contribution is 2.22. The zero-order valence-electron chi connectivity index (χ0n) is 16.3. The lowest BCUT2D eigenvalue weighted by Crippen LogP contribution is -2.50. The predicted octanol–water partition coefficient (Wildman–Crippen LogP) is 1.28. The molecule has 2 atom stereocenters. The first-order valence-corrected chi connectivity index (χ1v) is 10.3. The maximum absolute atomic E-state index is 6.04. The van der Waals surface area contributed by atoms with Gasteiger partial charge in [0.15, 0.2) is 5.96 Å². The second kappa shape index (κ2) is 9.19. The van der Waals surface area contributed by atoms with Gasteiger partial charge in [-0.1, -0.05) is 0 Å². The van der Waals surface area contributed by atoms with E-state index in [4.69, 9.17) is 9.73 Å². The number of rotatable bonds is 5. The molecule has 0 radical (unpaired) electrons. The van der Waals surface area contributed by atoms with Crippen molar-refractivity contribution in [2.45, 2.75) is 70.7 Å². The van der Waals surface area contributed by atoms with Crippen LogP contribution in [0.2, 0.25) is 0 Å².